The van der Waals surface area contributed by atoms with E-state index in [0.717, 1.165) is 4.90 Å². The Labute approximate surface area is 210 Å². The van der Waals surface area contributed by atoms with E-state index in [1.807, 2.05) is 0 Å². The average molecular weight is 494 g/mol. The van der Waals surface area contributed by atoms with Crippen LogP contribution in [-0.4, -0.2) is 22.7 Å². The molecule has 0 unspecified atom stereocenters. The van der Waals surface area contributed by atoms with Crippen molar-refractivity contribution < 1.29 is 28.8 Å². The fourth-order valence-corrected chi connectivity index (χ4v) is 3.88. The number of imide groups is 1. The molecule has 0 bridgehead atoms. The topological polar surface area (TPSA) is 116 Å². The van der Waals surface area contributed by atoms with Crippen LogP contribution in [0, 0.1) is 10.1 Å². The normalized spacial score (nSPS) is 12.3. The minimum absolute atomic E-state index is 0.0431. The van der Waals surface area contributed by atoms with Crippen molar-refractivity contribution in [2.45, 2.75) is 6.61 Å². The number of esters is 1. The fourth-order valence-electron chi connectivity index (χ4n) is 3.88. The summed E-state index contributed by atoms with van der Waals surface area (Å²) in [5.41, 5.74) is 1.57. The van der Waals surface area contributed by atoms with Gasteiger partial charge in [-0.05, 0) is 60.2 Å². The molecule has 0 N–H and O–H groups in total. The van der Waals surface area contributed by atoms with Crippen LogP contribution in [0.3, 0.4) is 0 Å². The Morgan fingerprint density at radius 1 is 0.784 bits per heavy atom. The number of nitrogens with zero attached hydrogens (tertiary/aromatic N) is 2. The van der Waals surface area contributed by atoms with Gasteiger partial charge < -0.3 is 9.47 Å². The van der Waals surface area contributed by atoms with Crippen molar-refractivity contribution >= 4 is 29.2 Å². The number of nitro groups is 1. The number of carbonyl (C=O) groups excluding carboxylic acids is 3. The van der Waals surface area contributed by atoms with E-state index in [0.29, 0.717) is 22.7 Å². The van der Waals surface area contributed by atoms with Crippen molar-refractivity contribution in [3.63, 3.8) is 0 Å². The molecule has 0 saturated heterocycles. The van der Waals surface area contributed by atoms with E-state index in [9.17, 15) is 24.5 Å². The summed E-state index contributed by atoms with van der Waals surface area (Å²) in [4.78, 5) is 49.7. The third-order valence-corrected chi connectivity index (χ3v) is 5.69. The zero-order chi connectivity index (χ0) is 25.9. The lowest BCUT2D eigenvalue weighted by molar-refractivity contribution is -0.384. The molecule has 0 radical (unpaired) electrons. The van der Waals surface area contributed by atoms with Gasteiger partial charge >= 0.3 is 5.97 Å². The van der Waals surface area contributed by atoms with E-state index < -0.39 is 22.7 Å². The summed E-state index contributed by atoms with van der Waals surface area (Å²) < 4.78 is 11.1. The Balaban J connectivity index is 1.25. The number of para-hydroxylation sites is 1. The zero-order valence-corrected chi connectivity index (χ0v) is 19.2. The van der Waals surface area contributed by atoms with E-state index in [4.69, 9.17) is 9.47 Å². The maximum atomic E-state index is 12.9. The van der Waals surface area contributed by atoms with Crippen LogP contribution in [0.4, 0.5) is 11.4 Å². The van der Waals surface area contributed by atoms with E-state index in [-0.39, 0.29) is 29.0 Å². The zero-order valence-electron chi connectivity index (χ0n) is 19.2. The number of non-ortho nitro benzene ring substituents is 1. The van der Waals surface area contributed by atoms with Crippen LogP contribution in [0.5, 0.6) is 11.5 Å². The van der Waals surface area contributed by atoms with Crippen molar-refractivity contribution in [1.82, 2.24) is 0 Å². The van der Waals surface area contributed by atoms with Gasteiger partial charge in [0, 0.05) is 12.1 Å². The first-order valence-electron chi connectivity index (χ1n) is 11.2. The molecule has 0 aromatic heterocycles. The summed E-state index contributed by atoms with van der Waals surface area (Å²) in [5, 5.41) is 10.8. The molecule has 0 aliphatic carbocycles. The first-order chi connectivity index (χ1) is 17.9. The molecule has 2 amide bonds. The Kier molecular flexibility index (Phi) is 6.17. The van der Waals surface area contributed by atoms with E-state index in [2.05, 4.69) is 0 Å². The van der Waals surface area contributed by atoms with Crippen LogP contribution in [0.25, 0.3) is 0 Å². The first kappa shape index (κ1) is 23.4. The highest BCUT2D eigenvalue weighted by Crippen LogP contribution is 2.29. The number of nitro benzene ring substituents is 1. The van der Waals surface area contributed by atoms with Crippen LogP contribution in [0.1, 0.15) is 36.6 Å². The number of amides is 2. The minimum atomic E-state index is -0.650. The second kappa shape index (κ2) is 9.74. The highest BCUT2D eigenvalue weighted by atomic mass is 16.6. The number of benzene rings is 4. The van der Waals surface area contributed by atoms with Gasteiger partial charge in [0.15, 0.2) is 0 Å². The molecule has 182 valence electrons. The van der Waals surface area contributed by atoms with Gasteiger partial charge in [-0.15, -0.1) is 0 Å². The largest absolute Gasteiger partial charge is 0.457 e. The van der Waals surface area contributed by atoms with Gasteiger partial charge in [-0.1, -0.05) is 30.3 Å². The SMILES string of the molecule is O=C(OCc1cccc(Oc2ccc([N+](=O)[O-])cc2)c1)c1ccc2c(c1)C(=O)N(c1ccccc1)C2=O. The number of rotatable bonds is 7. The van der Waals surface area contributed by atoms with E-state index in [1.165, 1.54) is 42.5 Å². The molecule has 4 aromatic rings. The summed E-state index contributed by atoms with van der Waals surface area (Å²) in [6, 6.07) is 25.4. The van der Waals surface area contributed by atoms with Gasteiger partial charge in [0.25, 0.3) is 17.5 Å². The Morgan fingerprint density at radius 3 is 2.24 bits per heavy atom. The highest BCUT2D eigenvalue weighted by molar-refractivity contribution is 6.34. The smallest absolute Gasteiger partial charge is 0.338 e. The molecule has 9 nitrogen and oxygen atoms in total. The Hall–Kier alpha value is -5.31. The van der Waals surface area contributed by atoms with Crippen molar-refractivity contribution in [3.05, 3.63) is 129 Å². The monoisotopic (exact) mass is 494 g/mol. The second-order valence-corrected chi connectivity index (χ2v) is 8.12. The summed E-state index contributed by atoms with van der Waals surface area (Å²) in [7, 11) is 0. The van der Waals surface area contributed by atoms with Gasteiger partial charge in [0.2, 0.25) is 0 Å². The third-order valence-electron chi connectivity index (χ3n) is 5.69. The summed E-state index contributed by atoms with van der Waals surface area (Å²) >= 11 is 0. The fraction of sp³-hybridized carbons (Fsp3) is 0.0357. The van der Waals surface area contributed by atoms with Crippen LogP contribution < -0.4 is 9.64 Å². The van der Waals surface area contributed by atoms with Crippen molar-refractivity contribution in [2.24, 2.45) is 0 Å². The number of hydrogen-bond acceptors (Lipinski definition) is 7. The molecule has 0 fully saturated rings. The molecule has 9 heteroatoms. The second-order valence-electron chi connectivity index (χ2n) is 8.12. The lowest BCUT2D eigenvalue weighted by Crippen LogP contribution is -2.29. The molecule has 0 saturated carbocycles. The molecule has 1 aliphatic rings. The van der Waals surface area contributed by atoms with Crippen LogP contribution >= 0.6 is 0 Å². The third kappa shape index (κ3) is 4.78. The van der Waals surface area contributed by atoms with Crippen molar-refractivity contribution in [2.75, 3.05) is 4.90 Å². The summed E-state index contributed by atoms with van der Waals surface area (Å²) in [6.45, 7) is -0.0591. The van der Waals surface area contributed by atoms with Gasteiger partial charge in [-0.25, -0.2) is 9.69 Å². The van der Waals surface area contributed by atoms with Gasteiger partial charge in [0.1, 0.15) is 18.1 Å². The summed E-state index contributed by atoms with van der Waals surface area (Å²) in [5.74, 6) is -0.720. The number of fused-ring (bicyclic) bond motifs is 1. The van der Waals surface area contributed by atoms with Crippen LogP contribution in [0.2, 0.25) is 0 Å². The van der Waals surface area contributed by atoms with Crippen LogP contribution in [-0.2, 0) is 11.3 Å². The van der Waals surface area contributed by atoms with E-state index >= 15 is 0 Å². The number of anilines is 1. The minimum Gasteiger partial charge on any atom is -0.457 e. The molecular weight excluding hydrogens is 476 g/mol. The van der Waals surface area contributed by atoms with Gasteiger partial charge in [0.05, 0.1) is 27.3 Å². The molecule has 0 spiro atoms. The molecule has 0 atom stereocenters. The van der Waals surface area contributed by atoms with Gasteiger partial charge in [-0.3, -0.25) is 19.7 Å². The quantitative estimate of drug-likeness (QED) is 0.143. The lowest BCUT2D eigenvalue weighted by Gasteiger charge is -2.13. The maximum absolute atomic E-state index is 12.9. The average Bonchev–Trinajstić information content (AvgIpc) is 3.17. The number of carbonyl (C=O) groups is 3. The highest BCUT2D eigenvalue weighted by Gasteiger charge is 2.37. The molecule has 1 heterocycles. The van der Waals surface area contributed by atoms with E-state index in [1.54, 1.807) is 54.6 Å². The Morgan fingerprint density at radius 2 is 1.51 bits per heavy atom. The standard InChI is InChI=1S/C28H18N2O7/c31-26-24-14-9-19(16-25(24)27(32)29(26)20-6-2-1-3-7-20)28(33)36-17-18-5-4-8-23(15-18)37-22-12-10-21(11-13-22)30(34)35/h1-16H,17H2. The Bertz CT molecular complexity index is 1530. The number of ether oxygens (including phenoxy) is 2. The lowest BCUT2D eigenvalue weighted by atomic mass is 10.1. The predicted molar refractivity (Wildman–Crippen MR) is 133 cm³/mol. The number of hydrogen-bond donors (Lipinski definition) is 0. The molecule has 1 aliphatic heterocycles. The predicted octanol–water partition coefficient (Wildman–Crippen LogP) is 5.54. The first-order valence-corrected chi connectivity index (χ1v) is 11.2. The summed E-state index contributed by atoms with van der Waals surface area (Å²) in [6.07, 6.45) is 0. The molecule has 37 heavy (non-hydrogen) atoms. The van der Waals surface area contributed by atoms with Gasteiger partial charge in [-0.2, -0.15) is 0 Å². The van der Waals surface area contributed by atoms with Crippen molar-refractivity contribution in [3.8, 4) is 11.5 Å². The molecular formula is C28H18N2O7. The van der Waals surface area contributed by atoms with Crippen LogP contribution in [0.15, 0.2) is 97.1 Å². The molecule has 5 rings (SSSR count). The van der Waals surface area contributed by atoms with Crippen molar-refractivity contribution in [1.29, 1.82) is 0 Å². The molecule has 4 aromatic carbocycles. The maximum Gasteiger partial charge on any atom is 0.338 e.